The molecule has 0 saturated carbocycles. The van der Waals surface area contributed by atoms with Crippen LogP contribution in [0.1, 0.15) is 39.0 Å². The third kappa shape index (κ3) is 7.69. The smallest absolute Gasteiger partial charge is 0.243 e. The second-order valence-electron chi connectivity index (χ2n) is 6.54. The Kier molecular flexibility index (Phi) is 9.49. The molecule has 0 aromatic heterocycles. The molecule has 0 heterocycles. The lowest BCUT2D eigenvalue weighted by molar-refractivity contribution is -0.114. The first-order valence-electron chi connectivity index (χ1n) is 9.72. The van der Waals surface area contributed by atoms with Crippen molar-refractivity contribution in [2.75, 3.05) is 30.9 Å². The average molecular weight is 405 g/mol. The van der Waals surface area contributed by atoms with Crippen LogP contribution in [-0.2, 0) is 4.79 Å². The monoisotopic (exact) mass is 404 g/mol. The summed E-state index contributed by atoms with van der Waals surface area (Å²) in [5.41, 5.74) is 1.46. The Bertz CT molecular complexity index is 752. The fourth-order valence-electron chi connectivity index (χ4n) is 2.72. The molecule has 2 N–H and O–H groups in total. The van der Waals surface area contributed by atoms with Crippen molar-refractivity contribution in [3.63, 3.8) is 0 Å². The zero-order chi connectivity index (χ0) is 20.2. The maximum absolute atomic E-state index is 12.2. The number of anilines is 2. The number of carbonyl (C=O) groups is 1. The summed E-state index contributed by atoms with van der Waals surface area (Å²) in [6.07, 6.45) is 6.00. The Balaban J connectivity index is 1.76. The highest BCUT2D eigenvalue weighted by Crippen LogP contribution is 2.27. The summed E-state index contributed by atoms with van der Waals surface area (Å²) >= 11 is 6.09. The van der Waals surface area contributed by atoms with Crippen molar-refractivity contribution in [3.8, 4) is 11.5 Å². The summed E-state index contributed by atoms with van der Waals surface area (Å²) in [6, 6.07) is 12.8. The molecule has 152 valence electrons. The number of halogens is 1. The fourth-order valence-corrected chi connectivity index (χ4v) is 2.98. The highest BCUT2D eigenvalue weighted by atomic mass is 35.5. The lowest BCUT2D eigenvalue weighted by Gasteiger charge is -2.11. The molecule has 0 fully saturated rings. The Hall–Kier alpha value is -2.40. The Morgan fingerprint density at radius 2 is 1.86 bits per heavy atom. The van der Waals surface area contributed by atoms with E-state index in [1.807, 2.05) is 30.3 Å². The van der Waals surface area contributed by atoms with E-state index in [-0.39, 0.29) is 12.5 Å². The van der Waals surface area contributed by atoms with E-state index in [4.69, 9.17) is 21.1 Å². The summed E-state index contributed by atoms with van der Waals surface area (Å²) in [7, 11) is 1.56. The first-order valence-corrected chi connectivity index (χ1v) is 10.1. The lowest BCUT2D eigenvalue weighted by atomic mass is 10.2. The third-order valence-corrected chi connectivity index (χ3v) is 4.53. The Labute approximate surface area is 172 Å². The number of hydrogen-bond donors (Lipinski definition) is 2. The molecular weight excluding hydrogens is 376 g/mol. The van der Waals surface area contributed by atoms with Gasteiger partial charge < -0.3 is 20.1 Å². The van der Waals surface area contributed by atoms with Crippen molar-refractivity contribution in [3.05, 3.63) is 47.5 Å². The van der Waals surface area contributed by atoms with Gasteiger partial charge in [-0.15, -0.1) is 0 Å². The lowest BCUT2D eigenvalue weighted by Crippen LogP contribution is -2.21. The maximum Gasteiger partial charge on any atom is 0.243 e. The number of rotatable bonds is 12. The normalized spacial score (nSPS) is 10.4. The summed E-state index contributed by atoms with van der Waals surface area (Å²) in [6.45, 7) is 3.03. The molecule has 1 amide bonds. The van der Waals surface area contributed by atoms with Gasteiger partial charge in [0, 0.05) is 17.4 Å². The molecule has 0 aliphatic rings. The van der Waals surface area contributed by atoms with Gasteiger partial charge in [0.05, 0.1) is 25.3 Å². The fraction of sp³-hybridized carbons (Fsp3) is 0.409. The number of ether oxygens (including phenoxy) is 2. The number of unbranched alkanes of at least 4 members (excludes halogenated alkanes) is 4. The van der Waals surface area contributed by atoms with Crippen LogP contribution in [0.3, 0.4) is 0 Å². The van der Waals surface area contributed by atoms with Crippen LogP contribution < -0.4 is 20.1 Å². The minimum absolute atomic E-state index is 0.130. The predicted molar refractivity (Wildman–Crippen MR) is 116 cm³/mol. The van der Waals surface area contributed by atoms with Gasteiger partial charge >= 0.3 is 0 Å². The van der Waals surface area contributed by atoms with Crippen LogP contribution in [0.2, 0.25) is 5.02 Å². The van der Waals surface area contributed by atoms with E-state index in [2.05, 4.69) is 17.6 Å². The minimum Gasteiger partial charge on any atom is -0.495 e. The van der Waals surface area contributed by atoms with Crippen LogP contribution in [-0.4, -0.2) is 26.2 Å². The summed E-state index contributed by atoms with van der Waals surface area (Å²) in [5, 5.41) is 6.41. The second kappa shape index (κ2) is 12.1. The van der Waals surface area contributed by atoms with Gasteiger partial charge in [-0.25, -0.2) is 0 Å². The van der Waals surface area contributed by atoms with Gasteiger partial charge in [-0.3, -0.25) is 4.79 Å². The van der Waals surface area contributed by atoms with Crippen LogP contribution >= 0.6 is 11.6 Å². The van der Waals surface area contributed by atoms with E-state index in [1.54, 1.807) is 19.2 Å². The molecule has 2 aromatic rings. The van der Waals surface area contributed by atoms with Crippen LogP contribution in [0.5, 0.6) is 11.5 Å². The van der Waals surface area contributed by atoms with Gasteiger partial charge in [-0.2, -0.15) is 0 Å². The van der Waals surface area contributed by atoms with Gasteiger partial charge in [0.15, 0.2) is 0 Å². The molecule has 0 aliphatic carbocycles. The molecule has 0 saturated heterocycles. The summed E-state index contributed by atoms with van der Waals surface area (Å²) in [5.74, 6) is 1.21. The zero-order valence-corrected chi connectivity index (χ0v) is 17.3. The molecule has 0 bridgehead atoms. The highest BCUT2D eigenvalue weighted by molar-refractivity contribution is 6.32. The Morgan fingerprint density at radius 1 is 1.04 bits per heavy atom. The van der Waals surface area contributed by atoms with E-state index in [9.17, 15) is 4.79 Å². The number of nitrogens with one attached hydrogen (secondary N) is 2. The van der Waals surface area contributed by atoms with E-state index in [1.165, 1.54) is 25.7 Å². The summed E-state index contributed by atoms with van der Waals surface area (Å²) < 4.78 is 10.9. The van der Waals surface area contributed by atoms with Gasteiger partial charge in [0.2, 0.25) is 5.91 Å². The van der Waals surface area contributed by atoms with Crippen molar-refractivity contribution < 1.29 is 14.3 Å². The van der Waals surface area contributed by atoms with Crippen LogP contribution in [0.25, 0.3) is 0 Å². The number of methoxy groups -OCH3 is 1. The molecule has 0 radical (unpaired) electrons. The molecule has 5 nitrogen and oxygen atoms in total. The van der Waals surface area contributed by atoms with E-state index in [0.717, 1.165) is 17.9 Å². The maximum atomic E-state index is 12.2. The number of amides is 1. The topological polar surface area (TPSA) is 59.6 Å². The SMILES string of the molecule is CCCCCCCOc1cccc(NC(=O)CNc2ccc(OC)c(Cl)c2)c1. The highest BCUT2D eigenvalue weighted by Gasteiger charge is 2.06. The van der Waals surface area contributed by atoms with Gasteiger partial charge in [0.1, 0.15) is 11.5 Å². The van der Waals surface area contributed by atoms with E-state index < -0.39 is 0 Å². The molecule has 6 heteroatoms. The van der Waals surface area contributed by atoms with E-state index >= 15 is 0 Å². The van der Waals surface area contributed by atoms with Crippen LogP contribution in [0.15, 0.2) is 42.5 Å². The van der Waals surface area contributed by atoms with Crippen LogP contribution in [0, 0.1) is 0 Å². The number of hydrogen-bond acceptors (Lipinski definition) is 4. The third-order valence-electron chi connectivity index (χ3n) is 4.24. The first kappa shape index (κ1) is 21.9. The average Bonchev–Trinajstić information content (AvgIpc) is 2.69. The van der Waals surface area contributed by atoms with Gasteiger partial charge in [-0.05, 0) is 36.8 Å². The molecular formula is C22H29ClN2O3. The molecule has 28 heavy (non-hydrogen) atoms. The Morgan fingerprint density at radius 3 is 2.61 bits per heavy atom. The number of benzene rings is 2. The summed E-state index contributed by atoms with van der Waals surface area (Å²) in [4.78, 5) is 12.2. The minimum atomic E-state index is -0.149. The van der Waals surface area contributed by atoms with Crippen molar-refractivity contribution in [2.45, 2.75) is 39.0 Å². The molecule has 0 atom stereocenters. The first-order chi connectivity index (χ1) is 13.6. The molecule has 0 aliphatic heterocycles. The predicted octanol–water partition coefficient (Wildman–Crippen LogP) is 5.75. The molecule has 2 rings (SSSR count). The molecule has 0 unspecified atom stereocenters. The standard InChI is InChI=1S/C22H29ClN2O3/c1-3-4-5-6-7-13-28-19-10-8-9-18(14-19)25-22(26)16-24-17-11-12-21(27-2)20(23)15-17/h8-12,14-15,24H,3-7,13,16H2,1-2H3,(H,25,26). The van der Waals surface area contributed by atoms with Crippen molar-refractivity contribution in [1.82, 2.24) is 0 Å². The van der Waals surface area contributed by atoms with Gasteiger partial charge in [-0.1, -0.05) is 50.3 Å². The quantitative estimate of drug-likeness (QED) is 0.442. The zero-order valence-electron chi connectivity index (χ0n) is 16.6. The molecule has 0 spiro atoms. The van der Waals surface area contributed by atoms with E-state index in [0.29, 0.717) is 23.1 Å². The van der Waals surface area contributed by atoms with Crippen molar-refractivity contribution in [2.24, 2.45) is 0 Å². The largest absolute Gasteiger partial charge is 0.495 e. The van der Waals surface area contributed by atoms with Crippen molar-refractivity contribution in [1.29, 1.82) is 0 Å². The second-order valence-corrected chi connectivity index (χ2v) is 6.95. The van der Waals surface area contributed by atoms with Crippen LogP contribution in [0.4, 0.5) is 11.4 Å². The van der Waals surface area contributed by atoms with Gasteiger partial charge in [0.25, 0.3) is 0 Å². The van der Waals surface area contributed by atoms with Crippen molar-refractivity contribution >= 4 is 28.9 Å². The molecule has 2 aromatic carbocycles. The number of carbonyl (C=O) groups excluding carboxylic acids is 1.